The van der Waals surface area contributed by atoms with Crippen LogP contribution in [0.2, 0.25) is 0 Å². The number of Topliss-reactive ketones (excluding diaryl/α,β-unsaturated/α-hetero) is 2. The minimum Gasteiger partial charge on any atom is -0.428 e. The van der Waals surface area contributed by atoms with Crippen LogP contribution in [0.3, 0.4) is 0 Å². The van der Waals surface area contributed by atoms with E-state index in [1.165, 1.54) is 36.4 Å². The monoisotopic (exact) mass is 1280 g/mol. The molecule has 0 radical (unpaired) electrons. The van der Waals surface area contributed by atoms with E-state index >= 15 is 4.39 Å². The number of rotatable bonds is 21. The first-order valence-electron chi connectivity index (χ1n) is 26.2. The second kappa shape index (κ2) is 29.0. The molecule has 8 rings (SSSR count). The van der Waals surface area contributed by atoms with Gasteiger partial charge in [-0.1, -0.05) is 97.1 Å². The first kappa shape index (κ1) is 69.9. The number of nitriles is 1. The van der Waals surface area contributed by atoms with Crippen LogP contribution in [0.1, 0.15) is 89.2 Å². The summed E-state index contributed by atoms with van der Waals surface area (Å²) in [5.41, 5.74) is -0.257. The predicted molar refractivity (Wildman–Crippen MR) is 292 cm³/mol. The molecule has 8 aromatic rings. The second-order valence-electron chi connectivity index (χ2n) is 19.9. The fourth-order valence-corrected chi connectivity index (χ4v) is 9.77. The van der Waals surface area contributed by atoms with Gasteiger partial charge in [0.15, 0.2) is 11.6 Å². The Bertz CT molecular complexity index is 3790. The molecule has 0 aliphatic heterocycles. The third-order valence-electron chi connectivity index (χ3n) is 14.0. The maximum absolute atomic E-state index is 15.0. The van der Waals surface area contributed by atoms with Gasteiger partial charge >= 0.3 is 37.4 Å². The Morgan fingerprint density at radius 2 is 0.822 bits per heavy atom. The van der Waals surface area contributed by atoms with E-state index in [2.05, 4.69) is 9.47 Å². The number of benzene rings is 8. The average Bonchev–Trinajstić information content (AvgIpc) is 0.770. The molecule has 474 valence electrons. The summed E-state index contributed by atoms with van der Waals surface area (Å²) < 4.78 is 254. The second-order valence-corrected chi connectivity index (χ2v) is 19.9. The lowest BCUT2D eigenvalue weighted by Gasteiger charge is -2.36. The van der Waals surface area contributed by atoms with Crippen molar-refractivity contribution >= 4 is 11.6 Å². The third-order valence-corrected chi connectivity index (χ3v) is 14.0. The zero-order valence-electron chi connectivity index (χ0n) is 46.4. The highest BCUT2D eigenvalue weighted by Gasteiger charge is 2.47. The number of hydrogen-bond donors (Lipinski definition) is 2. The number of aliphatic hydroxyl groups excluding tert-OH is 1. The number of ether oxygens (including phenoxy) is 2. The summed E-state index contributed by atoms with van der Waals surface area (Å²) in [5, 5.41) is 16.3. The minimum absolute atomic E-state index is 0.112. The minimum atomic E-state index is -5.14. The molecule has 3 N–H and O–H groups in total. The first-order valence-corrected chi connectivity index (χ1v) is 26.2. The zero-order valence-corrected chi connectivity index (χ0v) is 46.4. The van der Waals surface area contributed by atoms with Gasteiger partial charge < -0.3 is 20.3 Å². The third kappa shape index (κ3) is 17.2. The molecule has 0 aliphatic carbocycles. The quantitative estimate of drug-likeness (QED) is 0.0543. The van der Waals surface area contributed by atoms with Gasteiger partial charge in [0.2, 0.25) is 0 Å². The number of carbonyl (C=O) groups excluding carboxylic acids is 2. The van der Waals surface area contributed by atoms with Crippen molar-refractivity contribution in [3.05, 3.63) is 272 Å². The summed E-state index contributed by atoms with van der Waals surface area (Å²) in [6, 6.07) is 37.7. The van der Waals surface area contributed by atoms with E-state index < -0.39 is 130 Å². The van der Waals surface area contributed by atoms with Crippen molar-refractivity contribution in [3.8, 4) is 17.6 Å². The molecule has 90 heavy (non-hydrogen) atoms. The van der Waals surface area contributed by atoms with Crippen molar-refractivity contribution in [1.29, 1.82) is 5.26 Å². The summed E-state index contributed by atoms with van der Waals surface area (Å²) in [4.78, 5) is 27.5. The van der Waals surface area contributed by atoms with Crippen LogP contribution in [0.15, 0.2) is 182 Å². The van der Waals surface area contributed by atoms with Crippen molar-refractivity contribution in [2.75, 3.05) is 7.11 Å². The molecular formula is C65H48F18N2O5. The zero-order chi connectivity index (χ0) is 66.6. The molecule has 0 saturated heterocycles. The number of nitrogens with two attached hydrogens (primary N) is 1. The van der Waals surface area contributed by atoms with Gasteiger partial charge in [0.1, 0.15) is 34.8 Å². The lowest BCUT2D eigenvalue weighted by molar-refractivity contribution is -0.253. The van der Waals surface area contributed by atoms with Gasteiger partial charge in [-0.15, -0.1) is 0 Å². The molecule has 0 aliphatic rings. The Morgan fingerprint density at radius 3 is 1.14 bits per heavy atom. The van der Waals surface area contributed by atoms with E-state index in [0.29, 0.717) is 58.7 Å². The van der Waals surface area contributed by atoms with Gasteiger partial charge in [-0.2, -0.15) is 66.7 Å². The van der Waals surface area contributed by atoms with E-state index in [1.807, 2.05) is 6.07 Å². The van der Waals surface area contributed by atoms with E-state index in [-0.39, 0.29) is 41.6 Å². The highest BCUT2D eigenvalue weighted by Crippen LogP contribution is 2.46. The molecule has 0 fully saturated rings. The van der Waals surface area contributed by atoms with E-state index in [9.17, 15) is 89.5 Å². The normalized spacial score (nSPS) is 13.2. The van der Waals surface area contributed by atoms with Crippen LogP contribution >= 0.6 is 0 Å². The van der Waals surface area contributed by atoms with Crippen molar-refractivity contribution in [3.63, 3.8) is 0 Å². The molecule has 0 heterocycles. The maximum atomic E-state index is 15.0. The molecular weight excluding hydrogens is 1230 g/mol. The SMILES string of the molecule is CO.N#Cc1ccc([C@](CC(=O)c2ccc(F)c(C(F)(F)F)c2)(Cc2ccccc2)c2cc(F)cc(OC(F)(F)C(F)F)c2)cc1.NCc1ccc([C@](CC(=O)c2ccc(F)c(C(F)(F)F)c2)(Cc2ccccc2)c2cc(F)cc(OC(F)(F)C(F)F)c2)cc1. The van der Waals surface area contributed by atoms with Crippen molar-refractivity contribution in [1.82, 2.24) is 0 Å². The number of hydrogen-bond acceptors (Lipinski definition) is 7. The lowest BCUT2D eigenvalue weighted by atomic mass is 9.66. The Labute approximate surface area is 501 Å². The Kier molecular flexibility index (Phi) is 22.5. The molecule has 0 aromatic heterocycles. The Morgan fingerprint density at radius 1 is 0.467 bits per heavy atom. The van der Waals surface area contributed by atoms with E-state index in [0.717, 1.165) is 43.5 Å². The van der Waals surface area contributed by atoms with Gasteiger partial charge in [-0.25, -0.2) is 17.6 Å². The summed E-state index contributed by atoms with van der Waals surface area (Å²) in [5.74, 6) is -9.49. The molecule has 0 unspecified atom stereocenters. The molecule has 25 heteroatoms. The fraction of sp³-hybridized carbons (Fsp3) is 0.215. The van der Waals surface area contributed by atoms with Crippen LogP contribution < -0.4 is 15.2 Å². The van der Waals surface area contributed by atoms with Gasteiger partial charge in [-0.05, 0) is 125 Å². The first-order chi connectivity index (χ1) is 42.3. The van der Waals surface area contributed by atoms with Gasteiger partial charge in [0.05, 0.1) is 22.8 Å². The molecule has 0 bridgehead atoms. The number of halogens is 18. The summed E-state index contributed by atoms with van der Waals surface area (Å²) in [6.45, 7) is 0.112. The van der Waals surface area contributed by atoms with Crippen molar-refractivity contribution < 1.29 is 103 Å². The fourth-order valence-electron chi connectivity index (χ4n) is 9.77. The average molecular weight is 1280 g/mol. The molecule has 7 nitrogen and oxygen atoms in total. The van der Waals surface area contributed by atoms with Crippen molar-refractivity contribution in [2.24, 2.45) is 5.73 Å². The largest absolute Gasteiger partial charge is 0.461 e. The maximum Gasteiger partial charge on any atom is 0.461 e. The standard InChI is InChI=1S/C32H24F9NO2.C32H20F9NO2.CH4O/c2*33-24-13-23(14-25(15-24)44-32(40,41)29(35)36)30(16-19-4-2-1-3-5-19,22-9-6-20(18-42)7-10-22)17-28(43)21-8-11-27(34)26(12-21)31(37,38)39;1-2/h1-15,29H,16-18,42H2;1-15,29H,16-17H2;2H,1H3/t2*30-;/m11./s1. The molecule has 8 aromatic carbocycles. The van der Waals surface area contributed by atoms with E-state index in [1.54, 1.807) is 72.8 Å². The molecule has 0 saturated carbocycles. The molecule has 0 spiro atoms. The van der Waals surface area contributed by atoms with Gasteiger partial charge in [-0.3, -0.25) is 9.59 Å². The highest BCUT2D eigenvalue weighted by molar-refractivity contribution is 5.98. The number of nitrogens with zero attached hydrogens (tertiary/aromatic N) is 1. The molecule has 2 atom stereocenters. The molecule has 0 amide bonds. The Hall–Kier alpha value is -9.15. The number of carbonyl (C=O) groups is 2. The topological polar surface area (TPSA) is 123 Å². The summed E-state index contributed by atoms with van der Waals surface area (Å²) >= 11 is 0. The smallest absolute Gasteiger partial charge is 0.428 e. The highest BCUT2D eigenvalue weighted by atomic mass is 19.4. The van der Waals surface area contributed by atoms with Crippen LogP contribution in [0.5, 0.6) is 11.5 Å². The van der Waals surface area contributed by atoms with Gasteiger partial charge in [0, 0.05) is 60.6 Å². The van der Waals surface area contributed by atoms with Crippen LogP contribution in [0.4, 0.5) is 79.0 Å². The van der Waals surface area contributed by atoms with Gasteiger partial charge in [0.25, 0.3) is 0 Å². The summed E-state index contributed by atoms with van der Waals surface area (Å²) in [7, 11) is 1.00. The Balaban J connectivity index is 0.000000279. The number of alkyl halides is 14. The number of aliphatic hydroxyl groups is 1. The number of ketones is 2. The van der Waals surface area contributed by atoms with E-state index in [4.69, 9.17) is 10.8 Å². The lowest BCUT2D eigenvalue weighted by Crippen LogP contribution is -2.35. The van der Waals surface area contributed by atoms with Crippen LogP contribution in [-0.2, 0) is 42.6 Å². The van der Waals surface area contributed by atoms with Crippen molar-refractivity contribution in [2.45, 2.75) is 80.5 Å². The van der Waals surface area contributed by atoms with Crippen LogP contribution in [0, 0.1) is 34.6 Å². The predicted octanol–water partition coefficient (Wildman–Crippen LogP) is 17.0. The summed E-state index contributed by atoms with van der Waals surface area (Å²) in [6.07, 6.45) is -30.5. The van der Waals surface area contributed by atoms with Crippen LogP contribution in [0.25, 0.3) is 0 Å². The van der Waals surface area contributed by atoms with Crippen LogP contribution in [-0.4, -0.2) is 48.9 Å².